The molecule has 2 aliphatic heterocycles. The molecule has 1 unspecified atom stereocenters. The first-order valence-corrected chi connectivity index (χ1v) is 13.4. The number of aliphatic hydroxyl groups excluding tert-OH is 3. The van der Waals surface area contributed by atoms with E-state index in [0.29, 0.717) is 17.7 Å². The summed E-state index contributed by atoms with van der Waals surface area (Å²) in [6, 6.07) is 4.39. The third kappa shape index (κ3) is 7.28. The van der Waals surface area contributed by atoms with Gasteiger partial charge in [-0.25, -0.2) is 0 Å². The third-order valence-corrected chi connectivity index (χ3v) is 7.43. The molecule has 2 amide bonds. The van der Waals surface area contributed by atoms with Crippen molar-refractivity contribution in [3.05, 3.63) is 29.8 Å². The molecule has 2 heterocycles. The smallest absolute Gasteiger partial charge is 0.302 e. The Morgan fingerprint density at radius 2 is 1.65 bits per heavy atom. The molecule has 0 saturated carbocycles. The Bertz CT molecular complexity index is 1020. The van der Waals surface area contributed by atoms with Crippen molar-refractivity contribution in [3.63, 3.8) is 0 Å². The van der Waals surface area contributed by atoms with Crippen molar-refractivity contribution in [2.75, 3.05) is 6.61 Å². The number of carbonyl (C=O) groups is 3. The molecule has 2 fully saturated rings. The maximum absolute atomic E-state index is 13.2. The standard InChI is InChI=1S/C27H41N3O10/c1-6-18-12(2)24(37-15(5)33)21(29-14(4)32)26(39-18)30-25(36)20(28)16-7-9-17(10-8-16)38-27-13(3)22(34)23(35)19(11-31)40-27/h7-10,12-13,18-24,26-27,31,34-35H,6,11,28H2,1-5H3,(H,29,32)(H,30,36)/t12-,13-,18-,19-,20?,21-,22-,23-,24+,26-,27-/m1/s1. The Morgan fingerprint density at radius 1 is 1.00 bits per heavy atom. The van der Waals surface area contributed by atoms with Gasteiger partial charge in [-0.05, 0) is 24.1 Å². The van der Waals surface area contributed by atoms with Crippen molar-refractivity contribution in [1.29, 1.82) is 0 Å². The van der Waals surface area contributed by atoms with E-state index in [2.05, 4.69) is 10.6 Å². The summed E-state index contributed by atoms with van der Waals surface area (Å²) in [6.07, 6.45) is -5.79. The maximum Gasteiger partial charge on any atom is 0.302 e. The van der Waals surface area contributed by atoms with Crippen LogP contribution in [0.3, 0.4) is 0 Å². The molecule has 7 N–H and O–H groups in total. The first-order chi connectivity index (χ1) is 18.9. The van der Waals surface area contributed by atoms with E-state index < -0.39 is 73.4 Å². The Labute approximate surface area is 233 Å². The van der Waals surface area contributed by atoms with Gasteiger partial charge in [0.05, 0.1) is 18.8 Å². The van der Waals surface area contributed by atoms with E-state index >= 15 is 0 Å². The van der Waals surface area contributed by atoms with Gasteiger partial charge in [0.15, 0.2) is 6.23 Å². The summed E-state index contributed by atoms with van der Waals surface area (Å²) < 4.78 is 23.0. The first kappa shape index (κ1) is 31.7. The molecule has 3 rings (SSSR count). The highest BCUT2D eigenvalue weighted by Gasteiger charge is 2.47. The van der Waals surface area contributed by atoms with Gasteiger partial charge in [-0.1, -0.05) is 32.9 Å². The van der Waals surface area contributed by atoms with E-state index in [0.717, 1.165) is 0 Å². The summed E-state index contributed by atoms with van der Waals surface area (Å²) in [6.45, 7) is 7.53. The zero-order valence-electron chi connectivity index (χ0n) is 23.4. The highest BCUT2D eigenvalue weighted by Crippen LogP contribution is 2.31. The van der Waals surface area contributed by atoms with Crippen LogP contribution in [0.25, 0.3) is 0 Å². The fraction of sp³-hybridized carbons (Fsp3) is 0.667. The van der Waals surface area contributed by atoms with Gasteiger partial charge >= 0.3 is 5.97 Å². The van der Waals surface area contributed by atoms with Crippen molar-refractivity contribution in [3.8, 4) is 5.75 Å². The van der Waals surface area contributed by atoms with Crippen LogP contribution in [-0.4, -0.2) is 88.8 Å². The molecule has 0 aliphatic carbocycles. The van der Waals surface area contributed by atoms with Crippen LogP contribution in [-0.2, 0) is 28.6 Å². The first-order valence-electron chi connectivity index (χ1n) is 13.4. The van der Waals surface area contributed by atoms with E-state index in [9.17, 15) is 29.7 Å². The van der Waals surface area contributed by atoms with Crippen LogP contribution in [0.1, 0.15) is 52.6 Å². The van der Waals surface area contributed by atoms with Gasteiger partial charge in [0.1, 0.15) is 36.1 Å². The molecule has 0 radical (unpaired) electrons. The fourth-order valence-corrected chi connectivity index (χ4v) is 5.09. The molecule has 2 saturated heterocycles. The summed E-state index contributed by atoms with van der Waals surface area (Å²) in [7, 11) is 0. The van der Waals surface area contributed by atoms with Crippen molar-refractivity contribution in [2.24, 2.45) is 17.6 Å². The molecule has 0 spiro atoms. The lowest BCUT2D eigenvalue weighted by atomic mass is 9.86. The zero-order valence-corrected chi connectivity index (χ0v) is 23.4. The van der Waals surface area contributed by atoms with Crippen LogP contribution >= 0.6 is 0 Å². The van der Waals surface area contributed by atoms with Gasteiger partial charge in [0, 0.05) is 25.7 Å². The molecule has 0 bridgehead atoms. The van der Waals surface area contributed by atoms with Crippen LogP contribution < -0.4 is 21.1 Å². The highest BCUT2D eigenvalue weighted by atomic mass is 16.7. The van der Waals surface area contributed by atoms with Crippen LogP contribution in [0, 0.1) is 11.8 Å². The van der Waals surface area contributed by atoms with Crippen molar-refractivity contribution in [2.45, 2.75) is 96.2 Å². The number of esters is 1. The SMILES string of the molecule is CC[C@H]1O[C@@H](NC(=O)C(N)c2ccc(O[C@@H]3O[C@H](CO)[C@@H](O)[C@H](O)[C@H]3C)cc2)[C@H](NC(C)=O)[C@@H](OC(C)=O)[C@@H]1C. The largest absolute Gasteiger partial charge is 0.465 e. The Morgan fingerprint density at radius 3 is 2.20 bits per heavy atom. The average molecular weight is 568 g/mol. The molecule has 2 aliphatic rings. The number of rotatable bonds is 9. The minimum Gasteiger partial charge on any atom is -0.465 e. The lowest BCUT2D eigenvalue weighted by molar-refractivity contribution is -0.256. The fourth-order valence-electron chi connectivity index (χ4n) is 5.09. The molecule has 1 aromatic rings. The van der Waals surface area contributed by atoms with Crippen molar-refractivity contribution < 1.29 is 48.7 Å². The molecule has 1 aromatic carbocycles. The number of ether oxygens (including phenoxy) is 4. The normalized spacial score (nSPS) is 34.8. The van der Waals surface area contributed by atoms with Crippen LogP contribution in [0.5, 0.6) is 5.75 Å². The second-order valence-corrected chi connectivity index (χ2v) is 10.4. The summed E-state index contributed by atoms with van der Waals surface area (Å²) >= 11 is 0. The number of hydrogen-bond donors (Lipinski definition) is 6. The monoisotopic (exact) mass is 567 g/mol. The minimum absolute atomic E-state index is 0.243. The van der Waals surface area contributed by atoms with Crippen LogP contribution in [0.15, 0.2) is 24.3 Å². The maximum atomic E-state index is 13.2. The molecule has 40 heavy (non-hydrogen) atoms. The van der Waals surface area contributed by atoms with Gasteiger partial charge in [-0.3, -0.25) is 14.4 Å². The van der Waals surface area contributed by atoms with Gasteiger partial charge in [0.25, 0.3) is 0 Å². The number of nitrogens with two attached hydrogens (primary N) is 1. The molecular weight excluding hydrogens is 526 g/mol. The number of carbonyl (C=O) groups excluding carboxylic acids is 3. The zero-order chi connectivity index (χ0) is 29.7. The Balaban J connectivity index is 1.71. The van der Waals surface area contributed by atoms with E-state index in [1.807, 2.05) is 13.8 Å². The number of aliphatic hydroxyl groups is 3. The second kappa shape index (κ2) is 13.7. The lowest BCUT2D eigenvalue weighted by Gasteiger charge is -2.45. The quantitative estimate of drug-likeness (QED) is 0.210. The number of hydrogen-bond acceptors (Lipinski definition) is 11. The molecule has 11 atom stereocenters. The van der Waals surface area contributed by atoms with E-state index in [4.69, 9.17) is 24.7 Å². The summed E-state index contributed by atoms with van der Waals surface area (Å²) in [4.78, 5) is 36.9. The molecule has 13 heteroatoms. The summed E-state index contributed by atoms with van der Waals surface area (Å²) in [5, 5.41) is 35.2. The van der Waals surface area contributed by atoms with E-state index in [1.165, 1.54) is 13.8 Å². The average Bonchev–Trinajstić information content (AvgIpc) is 2.91. The van der Waals surface area contributed by atoms with Crippen LogP contribution in [0.4, 0.5) is 0 Å². The topological polar surface area (TPSA) is 199 Å². The Kier molecular flexibility index (Phi) is 10.9. The summed E-state index contributed by atoms with van der Waals surface area (Å²) in [5.41, 5.74) is 6.70. The predicted octanol–water partition coefficient (Wildman–Crippen LogP) is -0.536. The van der Waals surface area contributed by atoms with Gasteiger partial charge in [0.2, 0.25) is 18.1 Å². The second-order valence-electron chi connectivity index (χ2n) is 10.4. The Hall–Kier alpha value is -2.81. The van der Waals surface area contributed by atoms with Gasteiger partial charge in [-0.2, -0.15) is 0 Å². The van der Waals surface area contributed by atoms with Gasteiger partial charge < -0.3 is 50.6 Å². The molecule has 224 valence electrons. The highest BCUT2D eigenvalue weighted by molar-refractivity contribution is 5.83. The molecule has 0 aromatic heterocycles. The molecule has 13 nitrogen and oxygen atoms in total. The third-order valence-electron chi connectivity index (χ3n) is 7.43. The van der Waals surface area contributed by atoms with Gasteiger partial charge in [-0.15, -0.1) is 0 Å². The molecular formula is C27H41N3O10. The minimum atomic E-state index is -1.24. The van der Waals surface area contributed by atoms with Crippen molar-refractivity contribution in [1.82, 2.24) is 10.6 Å². The van der Waals surface area contributed by atoms with E-state index in [-0.39, 0.29) is 17.9 Å². The predicted molar refractivity (Wildman–Crippen MR) is 140 cm³/mol. The number of nitrogens with one attached hydrogen (secondary N) is 2. The summed E-state index contributed by atoms with van der Waals surface area (Å²) in [5.74, 6) is -1.93. The van der Waals surface area contributed by atoms with Crippen molar-refractivity contribution >= 4 is 17.8 Å². The van der Waals surface area contributed by atoms with Crippen LogP contribution in [0.2, 0.25) is 0 Å². The number of benzene rings is 1. The van der Waals surface area contributed by atoms with E-state index in [1.54, 1.807) is 31.2 Å². The number of amides is 2. The lowest BCUT2D eigenvalue weighted by Crippen LogP contribution is -2.66.